The molecule has 1 aliphatic heterocycles. The molecule has 1 aromatic heterocycles. The molecule has 2 amide bonds. The quantitative estimate of drug-likeness (QED) is 0.671. The first-order valence-electron chi connectivity index (χ1n) is 8.99. The van der Waals surface area contributed by atoms with E-state index in [1.807, 2.05) is 0 Å². The van der Waals surface area contributed by atoms with Crippen LogP contribution in [0, 0.1) is 5.92 Å². The molecule has 1 aromatic carbocycles. The number of anilines is 1. The number of esters is 1. The van der Waals surface area contributed by atoms with Crippen LogP contribution in [0.3, 0.4) is 0 Å². The van der Waals surface area contributed by atoms with Crippen molar-refractivity contribution in [2.45, 2.75) is 13.0 Å². The van der Waals surface area contributed by atoms with Gasteiger partial charge in [0.1, 0.15) is 5.76 Å². The molecule has 29 heavy (non-hydrogen) atoms. The zero-order valence-corrected chi connectivity index (χ0v) is 16.2. The minimum absolute atomic E-state index is 0.0524. The van der Waals surface area contributed by atoms with Gasteiger partial charge in [0.2, 0.25) is 5.91 Å². The molecule has 1 fully saturated rings. The van der Waals surface area contributed by atoms with Gasteiger partial charge in [0, 0.05) is 24.7 Å². The molecule has 1 N–H and O–H groups in total. The fourth-order valence-corrected chi connectivity index (χ4v) is 3.04. The Morgan fingerprint density at radius 2 is 2.00 bits per heavy atom. The van der Waals surface area contributed by atoms with Gasteiger partial charge in [0.25, 0.3) is 5.91 Å². The number of nitrogens with one attached hydrogen (secondary N) is 1. The highest BCUT2D eigenvalue weighted by atomic mass is 16.5. The molecule has 0 aliphatic carbocycles. The van der Waals surface area contributed by atoms with Crippen LogP contribution in [-0.2, 0) is 25.7 Å². The molecule has 9 heteroatoms. The van der Waals surface area contributed by atoms with Crippen molar-refractivity contribution >= 4 is 23.5 Å². The van der Waals surface area contributed by atoms with E-state index in [1.165, 1.54) is 25.4 Å². The molecule has 0 spiro atoms. The number of amides is 2. The molecule has 1 aliphatic rings. The summed E-state index contributed by atoms with van der Waals surface area (Å²) >= 11 is 0. The van der Waals surface area contributed by atoms with Gasteiger partial charge in [0.15, 0.2) is 18.1 Å². The Bertz CT molecular complexity index is 879. The first-order valence-corrected chi connectivity index (χ1v) is 8.99. The Morgan fingerprint density at radius 3 is 2.69 bits per heavy atom. The van der Waals surface area contributed by atoms with Crippen molar-refractivity contribution in [1.82, 2.24) is 4.90 Å². The van der Waals surface area contributed by atoms with Crippen molar-refractivity contribution in [3.63, 3.8) is 0 Å². The van der Waals surface area contributed by atoms with E-state index in [0.717, 1.165) is 0 Å². The summed E-state index contributed by atoms with van der Waals surface area (Å²) in [5, 5.41) is 2.62. The van der Waals surface area contributed by atoms with Crippen LogP contribution in [0.25, 0.3) is 0 Å². The number of hydrogen-bond donors (Lipinski definition) is 1. The smallest absolute Gasteiger partial charge is 0.311 e. The average molecular weight is 402 g/mol. The van der Waals surface area contributed by atoms with E-state index >= 15 is 0 Å². The predicted molar refractivity (Wildman–Crippen MR) is 101 cm³/mol. The van der Waals surface area contributed by atoms with Crippen LogP contribution >= 0.6 is 0 Å². The summed E-state index contributed by atoms with van der Waals surface area (Å²) < 4.78 is 20.6. The molecule has 3 rings (SSSR count). The number of furan rings is 1. The average Bonchev–Trinajstić information content (AvgIpc) is 3.36. The maximum Gasteiger partial charge on any atom is 0.311 e. The predicted octanol–water partition coefficient (Wildman–Crippen LogP) is 1.83. The number of methoxy groups -OCH3 is 2. The summed E-state index contributed by atoms with van der Waals surface area (Å²) in [4.78, 5) is 37.9. The van der Waals surface area contributed by atoms with E-state index in [-0.39, 0.29) is 18.9 Å². The van der Waals surface area contributed by atoms with Gasteiger partial charge >= 0.3 is 5.97 Å². The third-order valence-electron chi connectivity index (χ3n) is 4.49. The molecule has 0 saturated carbocycles. The normalized spacial score (nSPS) is 15.9. The Labute approximate surface area is 167 Å². The van der Waals surface area contributed by atoms with Gasteiger partial charge in [-0.05, 0) is 24.3 Å². The van der Waals surface area contributed by atoms with Gasteiger partial charge in [-0.3, -0.25) is 14.4 Å². The molecule has 0 unspecified atom stereocenters. The SMILES string of the molecule is COc1ccc(NC(=O)COC(=O)[C@@H]2CC(=O)N(Cc3ccco3)C2)cc1OC. The number of benzene rings is 1. The number of nitrogens with zero attached hydrogens (tertiary/aromatic N) is 1. The number of carbonyl (C=O) groups is 3. The van der Waals surface area contributed by atoms with Gasteiger partial charge in [0.05, 0.1) is 32.9 Å². The lowest BCUT2D eigenvalue weighted by molar-refractivity contribution is -0.151. The van der Waals surface area contributed by atoms with Crippen LogP contribution < -0.4 is 14.8 Å². The van der Waals surface area contributed by atoms with Crippen LogP contribution in [0.1, 0.15) is 12.2 Å². The minimum Gasteiger partial charge on any atom is -0.493 e. The van der Waals surface area contributed by atoms with Crippen LogP contribution in [0.2, 0.25) is 0 Å². The number of hydrogen-bond acceptors (Lipinski definition) is 7. The Morgan fingerprint density at radius 1 is 1.21 bits per heavy atom. The number of likely N-dealkylation sites (tertiary alicyclic amines) is 1. The van der Waals surface area contributed by atoms with E-state index in [9.17, 15) is 14.4 Å². The molecule has 1 atom stereocenters. The van der Waals surface area contributed by atoms with Gasteiger partial charge in [-0.2, -0.15) is 0 Å². The van der Waals surface area contributed by atoms with Crippen LogP contribution in [0.5, 0.6) is 11.5 Å². The Balaban J connectivity index is 1.48. The highest BCUT2D eigenvalue weighted by Crippen LogP contribution is 2.29. The molecule has 0 radical (unpaired) electrons. The maximum absolute atomic E-state index is 12.2. The minimum atomic E-state index is -0.605. The summed E-state index contributed by atoms with van der Waals surface area (Å²) in [6.45, 7) is 0.0844. The largest absolute Gasteiger partial charge is 0.493 e. The van der Waals surface area contributed by atoms with Gasteiger partial charge in [-0.25, -0.2) is 0 Å². The highest BCUT2D eigenvalue weighted by molar-refractivity contribution is 5.94. The summed E-state index contributed by atoms with van der Waals surface area (Å²) in [6.07, 6.45) is 1.58. The lowest BCUT2D eigenvalue weighted by Gasteiger charge is -2.14. The van der Waals surface area contributed by atoms with Gasteiger partial charge < -0.3 is 28.8 Å². The van der Waals surface area contributed by atoms with E-state index < -0.39 is 24.4 Å². The lowest BCUT2D eigenvalue weighted by Crippen LogP contribution is -2.28. The summed E-state index contributed by atoms with van der Waals surface area (Å²) in [7, 11) is 3.00. The number of ether oxygens (including phenoxy) is 3. The fourth-order valence-electron chi connectivity index (χ4n) is 3.04. The fraction of sp³-hybridized carbons (Fsp3) is 0.350. The summed E-state index contributed by atoms with van der Waals surface area (Å²) in [5.41, 5.74) is 0.476. The standard InChI is InChI=1S/C20H22N2O7/c1-26-16-6-5-14(9-17(16)27-2)21-18(23)12-29-20(25)13-8-19(24)22(10-13)11-15-4-3-7-28-15/h3-7,9,13H,8,10-12H2,1-2H3,(H,21,23)/t13-/m1/s1. The lowest BCUT2D eigenvalue weighted by atomic mass is 10.1. The van der Waals surface area contributed by atoms with Gasteiger partial charge in [-0.15, -0.1) is 0 Å². The van der Waals surface area contributed by atoms with Crippen molar-refractivity contribution in [2.24, 2.45) is 5.92 Å². The van der Waals surface area contributed by atoms with E-state index in [1.54, 1.807) is 30.3 Å². The monoisotopic (exact) mass is 402 g/mol. The molecule has 9 nitrogen and oxygen atoms in total. The van der Waals surface area contributed by atoms with E-state index in [0.29, 0.717) is 29.5 Å². The summed E-state index contributed by atoms with van der Waals surface area (Å²) in [6, 6.07) is 8.39. The maximum atomic E-state index is 12.2. The third kappa shape index (κ3) is 5.07. The molecular formula is C20H22N2O7. The van der Waals surface area contributed by atoms with Crippen molar-refractivity contribution < 1.29 is 33.0 Å². The molecule has 2 aromatic rings. The second kappa shape index (κ2) is 9.13. The topological polar surface area (TPSA) is 107 Å². The van der Waals surface area contributed by atoms with Crippen molar-refractivity contribution in [3.05, 3.63) is 42.4 Å². The van der Waals surface area contributed by atoms with Crippen molar-refractivity contribution in [2.75, 3.05) is 32.7 Å². The molecule has 1 saturated heterocycles. The second-order valence-electron chi connectivity index (χ2n) is 6.48. The molecule has 0 bridgehead atoms. The summed E-state index contributed by atoms with van der Waals surface area (Å²) in [5.74, 6) is -0.207. The van der Waals surface area contributed by atoms with Crippen molar-refractivity contribution in [1.29, 1.82) is 0 Å². The molecule has 154 valence electrons. The van der Waals surface area contributed by atoms with E-state index in [2.05, 4.69) is 5.32 Å². The van der Waals surface area contributed by atoms with E-state index in [4.69, 9.17) is 18.6 Å². The zero-order valence-electron chi connectivity index (χ0n) is 16.2. The Kier molecular flexibility index (Phi) is 6.38. The van der Waals surface area contributed by atoms with Gasteiger partial charge in [-0.1, -0.05) is 0 Å². The van der Waals surface area contributed by atoms with Crippen LogP contribution in [-0.4, -0.2) is 50.1 Å². The first kappa shape index (κ1) is 20.2. The van der Waals surface area contributed by atoms with Crippen LogP contribution in [0.4, 0.5) is 5.69 Å². The molecular weight excluding hydrogens is 380 g/mol. The number of carbonyl (C=O) groups excluding carboxylic acids is 3. The van der Waals surface area contributed by atoms with Crippen LogP contribution in [0.15, 0.2) is 41.0 Å². The second-order valence-corrected chi connectivity index (χ2v) is 6.48. The van der Waals surface area contributed by atoms with Crippen molar-refractivity contribution in [3.8, 4) is 11.5 Å². The molecule has 2 heterocycles. The number of rotatable bonds is 8. The first-order chi connectivity index (χ1) is 14.0. The highest BCUT2D eigenvalue weighted by Gasteiger charge is 2.35. The zero-order chi connectivity index (χ0) is 20.8. The third-order valence-corrected chi connectivity index (χ3v) is 4.49. The Hall–Kier alpha value is -3.49.